The van der Waals surface area contributed by atoms with E-state index < -0.39 is 0 Å². The van der Waals surface area contributed by atoms with E-state index in [0.29, 0.717) is 28.8 Å². The molecule has 1 amide bonds. The molecule has 0 spiro atoms. The number of thiazole rings is 1. The van der Waals surface area contributed by atoms with Crippen molar-refractivity contribution < 1.29 is 9.53 Å². The number of benzene rings is 1. The summed E-state index contributed by atoms with van der Waals surface area (Å²) >= 11 is 13.3. The van der Waals surface area contributed by atoms with Crippen LogP contribution >= 0.6 is 34.5 Å². The van der Waals surface area contributed by atoms with E-state index in [-0.39, 0.29) is 12.5 Å². The van der Waals surface area contributed by atoms with Crippen LogP contribution < -0.4 is 15.4 Å². The Morgan fingerprint density at radius 1 is 1.41 bits per heavy atom. The average molecular weight is 360 g/mol. The molecule has 0 atom stereocenters. The van der Waals surface area contributed by atoms with Gasteiger partial charge in [-0.3, -0.25) is 4.79 Å². The number of carbonyl (C=O) groups excluding carboxylic acids is 1. The number of hydrogen-bond donors (Lipinski definition) is 2. The molecule has 1 aromatic carbocycles. The lowest BCUT2D eigenvalue weighted by molar-refractivity contribution is -0.123. The highest BCUT2D eigenvalue weighted by Gasteiger charge is 2.07. The van der Waals surface area contributed by atoms with Crippen LogP contribution in [-0.2, 0) is 11.2 Å². The zero-order chi connectivity index (χ0) is 15.9. The van der Waals surface area contributed by atoms with Gasteiger partial charge in [0.2, 0.25) is 0 Å². The summed E-state index contributed by atoms with van der Waals surface area (Å²) in [6.45, 7) is 0.406. The summed E-state index contributed by atoms with van der Waals surface area (Å²) < 4.78 is 5.35. The van der Waals surface area contributed by atoms with Crippen LogP contribution in [-0.4, -0.2) is 31.1 Å². The first-order valence-corrected chi connectivity index (χ1v) is 8.18. The van der Waals surface area contributed by atoms with Crippen molar-refractivity contribution in [1.29, 1.82) is 0 Å². The van der Waals surface area contributed by atoms with Crippen LogP contribution in [0.25, 0.3) is 0 Å². The van der Waals surface area contributed by atoms with Gasteiger partial charge in [0.25, 0.3) is 5.91 Å². The van der Waals surface area contributed by atoms with E-state index in [9.17, 15) is 4.79 Å². The fraction of sp³-hybridized carbons (Fsp3) is 0.286. The maximum Gasteiger partial charge on any atom is 0.257 e. The van der Waals surface area contributed by atoms with Crippen molar-refractivity contribution in [3.63, 3.8) is 0 Å². The number of halogens is 2. The smallest absolute Gasteiger partial charge is 0.257 e. The predicted molar refractivity (Wildman–Crippen MR) is 90.3 cm³/mol. The van der Waals surface area contributed by atoms with Crippen LogP contribution in [0.2, 0.25) is 10.0 Å². The standard InChI is InChI=1S/C14H15Cl2N3O2S/c1-17-14-19-10(8-22-14)4-5-18-13(20)7-21-12-3-2-9(15)6-11(12)16/h2-3,6,8H,4-5,7H2,1H3,(H,17,19)(H,18,20). The maximum atomic E-state index is 11.7. The molecule has 5 nitrogen and oxygen atoms in total. The van der Waals surface area contributed by atoms with E-state index in [1.54, 1.807) is 18.2 Å². The summed E-state index contributed by atoms with van der Waals surface area (Å²) in [5, 5.41) is 9.46. The van der Waals surface area contributed by atoms with Crippen LogP contribution in [0.15, 0.2) is 23.6 Å². The van der Waals surface area contributed by atoms with Crippen molar-refractivity contribution in [3.05, 3.63) is 39.3 Å². The quantitative estimate of drug-likeness (QED) is 0.796. The Labute approximate surface area is 142 Å². The van der Waals surface area contributed by atoms with Crippen LogP contribution in [0.3, 0.4) is 0 Å². The molecule has 8 heteroatoms. The summed E-state index contributed by atoms with van der Waals surface area (Å²) in [6.07, 6.45) is 0.672. The van der Waals surface area contributed by atoms with E-state index in [2.05, 4.69) is 15.6 Å². The molecular formula is C14H15Cl2N3O2S. The number of carbonyl (C=O) groups is 1. The van der Waals surface area contributed by atoms with Crippen LogP contribution in [0, 0.1) is 0 Å². The summed E-state index contributed by atoms with van der Waals surface area (Å²) in [5.41, 5.74) is 0.941. The molecule has 2 rings (SSSR count). The van der Waals surface area contributed by atoms with Crippen LogP contribution in [0.4, 0.5) is 5.13 Å². The monoisotopic (exact) mass is 359 g/mol. The van der Waals surface area contributed by atoms with E-state index >= 15 is 0 Å². The molecule has 0 saturated heterocycles. The summed E-state index contributed by atoms with van der Waals surface area (Å²) in [7, 11) is 1.82. The van der Waals surface area contributed by atoms with Crippen molar-refractivity contribution in [2.45, 2.75) is 6.42 Å². The molecule has 2 aromatic rings. The van der Waals surface area contributed by atoms with Gasteiger partial charge in [-0.25, -0.2) is 4.98 Å². The zero-order valence-electron chi connectivity index (χ0n) is 11.9. The van der Waals surface area contributed by atoms with E-state index in [1.165, 1.54) is 11.3 Å². The van der Waals surface area contributed by atoms with E-state index in [1.807, 2.05) is 12.4 Å². The molecule has 0 unspecified atom stereocenters. The number of nitrogens with one attached hydrogen (secondary N) is 2. The number of nitrogens with zero attached hydrogens (tertiary/aromatic N) is 1. The highest BCUT2D eigenvalue weighted by molar-refractivity contribution is 7.13. The predicted octanol–water partition coefficient (Wildman–Crippen LogP) is 3.23. The first-order valence-electron chi connectivity index (χ1n) is 6.55. The van der Waals surface area contributed by atoms with Crippen LogP contribution in [0.5, 0.6) is 5.75 Å². The summed E-state index contributed by atoms with van der Waals surface area (Å²) in [4.78, 5) is 16.0. The zero-order valence-corrected chi connectivity index (χ0v) is 14.2. The molecule has 1 heterocycles. The Hall–Kier alpha value is -1.50. The number of amides is 1. The van der Waals surface area contributed by atoms with Gasteiger partial charge in [-0.05, 0) is 18.2 Å². The fourth-order valence-electron chi connectivity index (χ4n) is 1.65. The lowest BCUT2D eigenvalue weighted by Crippen LogP contribution is -2.30. The first-order chi connectivity index (χ1) is 10.6. The molecule has 22 heavy (non-hydrogen) atoms. The largest absolute Gasteiger partial charge is 0.482 e. The van der Waals surface area contributed by atoms with Crippen molar-refractivity contribution in [1.82, 2.24) is 10.3 Å². The van der Waals surface area contributed by atoms with Crippen molar-refractivity contribution in [2.24, 2.45) is 0 Å². The minimum atomic E-state index is -0.213. The van der Waals surface area contributed by atoms with Gasteiger partial charge in [0.05, 0.1) is 10.7 Å². The Balaban J connectivity index is 1.71. The number of rotatable bonds is 7. The molecule has 0 aliphatic rings. The third kappa shape index (κ3) is 5.05. The molecule has 0 aliphatic heterocycles. The topological polar surface area (TPSA) is 63.2 Å². The third-order valence-electron chi connectivity index (χ3n) is 2.72. The number of hydrogen-bond acceptors (Lipinski definition) is 5. The SMILES string of the molecule is CNc1nc(CCNC(=O)COc2ccc(Cl)cc2Cl)cs1. The van der Waals surface area contributed by atoms with Gasteiger partial charge in [0.1, 0.15) is 5.75 Å². The molecule has 0 bridgehead atoms. The normalized spacial score (nSPS) is 10.3. The van der Waals surface area contributed by atoms with Gasteiger partial charge >= 0.3 is 0 Å². The van der Waals surface area contributed by atoms with Crippen molar-refractivity contribution in [3.8, 4) is 5.75 Å². The second-order valence-electron chi connectivity index (χ2n) is 4.36. The second-order valence-corrected chi connectivity index (χ2v) is 6.06. The number of aromatic nitrogens is 1. The van der Waals surface area contributed by atoms with Gasteiger partial charge in [-0.2, -0.15) is 0 Å². The van der Waals surface area contributed by atoms with E-state index in [0.717, 1.165) is 10.8 Å². The van der Waals surface area contributed by atoms with Gasteiger partial charge in [-0.1, -0.05) is 23.2 Å². The lowest BCUT2D eigenvalue weighted by Gasteiger charge is -2.08. The molecule has 1 aromatic heterocycles. The Bertz CT molecular complexity index is 649. The van der Waals surface area contributed by atoms with Gasteiger partial charge in [0, 0.05) is 30.4 Å². The Morgan fingerprint density at radius 2 is 2.23 bits per heavy atom. The maximum absolute atomic E-state index is 11.7. The van der Waals surface area contributed by atoms with Gasteiger partial charge < -0.3 is 15.4 Å². The molecule has 0 aliphatic carbocycles. The molecule has 0 radical (unpaired) electrons. The molecule has 2 N–H and O–H groups in total. The fourth-order valence-corrected chi connectivity index (χ4v) is 2.82. The number of anilines is 1. The highest BCUT2D eigenvalue weighted by Crippen LogP contribution is 2.27. The minimum Gasteiger partial charge on any atom is -0.482 e. The van der Waals surface area contributed by atoms with Crippen molar-refractivity contribution in [2.75, 3.05) is 25.5 Å². The summed E-state index contributed by atoms with van der Waals surface area (Å²) in [5.74, 6) is 0.217. The molecule has 118 valence electrons. The van der Waals surface area contributed by atoms with Crippen molar-refractivity contribution >= 4 is 45.6 Å². The first kappa shape index (κ1) is 16.9. The minimum absolute atomic E-state index is 0.0970. The van der Waals surface area contributed by atoms with E-state index in [4.69, 9.17) is 27.9 Å². The van der Waals surface area contributed by atoms with Crippen LogP contribution in [0.1, 0.15) is 5.69 Å². The third-order valence-corrected chi connectivity index (χ3v) is 4.16. The summed E-state index contributed by atoms with van der Waals surface area (Å²) in [6, 6.07) is 4.85. The average Bonchev–Trinajstić information content (AvgIpc) is 2.94. The molecule has 0 saturated carbocycles. The van der Waals surface area contributed by atoms with Gasteiger partial charge in [-0.15, -0.1) is 11.3 Å². The highest BCUT2D eigenvalue weighted by atomic mass is 35.5. The molecule has 0 fully saturated rings. The van der Waals surface area contributed by atoms with Gasteiger partial charge in [0.15, 0.2) is 11.7 Å². The molecular weight excluding hydrogens is 345 g/mol. The number of ether oxygens (including phenoxy) is 1. The lowest BCUT2D eigenvalue weighted by atomic mass is 10.3. The Morgan fingerprint density at radius 3 is 2.91 bits per heavy atom. The Kier molecular flexibility index (Phi) is 6.30. The second kappa shape index (κ2) is 8.22.